The van der Waals surface area contributed by atoms with E-state index < -0.39 is 0 Å². The lowest BCUT2D eigenvalue weighted by molar-refractivity contribution is 0.547. The van der Waals surface area contributed by atoms with E-state index in [1.54, 1.807) is 0 Å². The van der Waals surface area contributed by atoms with E-state index in [-0.39, 0.29) is 6.04 Å². The van der Waals surface area contributed by atoms with Crippen LogP contribution in [0.15, 0.2) is 24.3 Å². The van der Waals surface area contributed by atoms with Gasteiger partial charge in [-0.1, -0.05) is 31.9 Å². The van der Waals surface area contributed by atoms with Gasteiger partial charge in [0.2, 0.25) is 0 Å². The van der Waals surface area contributed by atoms with Gasteiger partial charge in [0.25, 0.3) is 0 Å². The van der Waals surface area contributed by atoms with Gasteiger partial charge in [0, 0.05) is 6.54 Å². The molecule has 0 amide bonds. The summed E-state index contributed by atoms with van der Waals surface area (Å²) in [6, 6.07) is 8.30. The number of hydrogen-bond donors (Lipinski definition) is 1. The lowest BCUT2D eigenvalue weighted by Gasteiger charge is -2.12. The van der Waals surface area contributed by atoms with Crippen LogP contribution in [0.1, 0.15) is 45.0 Å². The maximum absolute atomic E-state index is 6.24. The second-order valence-electron chi connectivity index (χ2n) is 4.45. The molecule has 1 unspecified atom stereocenters. The van der Waals surface area contributed by atoms with Crippen LogP contribution in [0.25, 0.3) is 11.0 Å². The molecule has 0 aliphatic carbocycles. The van der Waals surface area contributed by atoms with Gasteiger partial charge in [-0.15, -0.1) is 0 Å². The zero-order valence-corrected chi connectivity index (χ0v) is 10.7. The number of nitrogens with two attached hydrogens (primary N) is 1. The summed E-state index contributed by atoms with van der Waals surface area (Å²) < 4.78 is 2.23. The average Bonchev–Trinajstić information content (AvgIpc) is 2.74. The Morgan fingerprint density at radius 2 is 2.06 bits per heavy atom. The first-order valence-corrected chi connectivity index (χ1v) is 6.48. The summed E-state index contributed by atoms with van der Waals surface area (Å²) in [5.74, 6) is 1.03. The molecule has 1 aromatic carbocycles. The smallest absolute Gasteiger partial charge is 0.126 e. The Balaban J connectivity index is 2.38. The quantitative estimate of drug-likeness (QED) is 0.858. The van der Waals surface area contributed by atoms with Gasteiger partial charge in [-0.05, 0) is 25.5 Å². The van der Waals surface area contributed by atoms with Crippen LogP contribution in [0.5, 0.6) is 0 Å². The molecule has 3 heteroatoms. The van der Waals surface area contributed by atoms with Crippen LogP contribution in [0, 0.1) is 0 Å². The highest BCUT2D eigenvalue weighted by Crippen LogP contribution is 2.22. The molecular formula is C14H21N3. The van der Waals surface area contributed by atoms with Crippen LogP contribution in [0.2, 0.25) is 0 Å². The number of para-hydroxylation sites is 2. The Kier molecular flexibility index (Phi) is 3.79. The number of benzene rings is 1. The number of fused-ring (bicyclic) bond motifs is 1. The lowest BCUT2D eigenvalue weighted by Crippen LogP contribution is -2.16. The van der Waals surface area contributed by atoms with E-state index in [2.05, 4.69) is 41.6 Å². The van der Waals surface area contributed by atoms with Crippen LogP contribution in [0.3, 0.4) is 0 Å². The Morgan fingerprint density at radius 3 is 2.76 bits per heavy atom. The third-order valence-electron chi connectivity index (χ3n) is 3.20. The second-order valence-corrected chi connectivity index (χ2v) is 4.45. The fourth-order valence-electron chi connectivity index (χ4n) is 2.26. The fraction of sp³-hybridized carbons (Fsp3) is 0.500. The molecule has 0 aliphatic heterocycles. The number of rotatable bonds is 5. The molecule has 0 saturated heterocycles. The van der Waals surface area contributed by atoms with E-state index in [1.165, 1.54) is 11.9 Å². The highest BCUT2D eigenvalue weighted by Gasteiger charge is 2.15. The number of unbranched alkanes of at least 4 members (excludes halogenated alkanes) is 1. The van der Waals surface area contributed by atoms with Crippen LogP contribution in [-0.4, -0.2) is 9.55 Å². The maximum Gasteiger partial charge on any atom is 0.126 e. The highest BCUT2D eigenvalue weighted by molar-refractivity contribution is 5.76. The van der Waals surface area contributed by atoms with Gasteiger partial charge in [-0.3, -0.25) is 0 Å². The SMILES string of the molecule is CCCCC(N)c1nc2ccccc2n1CC. The predicted molar refractivity (Wildman–Crippen MR) is 71.9 cm³/mol. The van der Waals surface area contributed by atoms with Crippen molar-refractivity contribution in [2.45, 2.75) is 45.7 Å². The van der Waals surface area contributed by atoms with E-state index in [9.17, 15) is 0 Å². The summed E-state index contributed by atoms with van der Waals surface area (Å²) in [7, 11) is 0. The minimum absolute atomic E-state index is 0.0577. The fourth-order valence-corrected chi connectivity index (χ4v) is 2.26. The summed E-state index contributed by atoms with van der Waals surface area (Å²) in [4.78, 5) is 4.67. The molecule has 1 atom stereocenters. The number of hydrogen-bond acceptors (Lipinski definition) is 2. The molecule has 0 radical (unpaired) electrons. The molecule has 92 valence electrons. The monoisotopic (exact) mass is 231 g/mol. The maximum atomic E-state index is 6.24. The minimum atomic E-state index is 0.0577. The number of aromatic nitrogens is 2. The zero-order valence-electron chi connectivity index (χ0n) is 10.7. The molecule has 2 N–H and O–H groups in total. The molecular weight excluding hydrogens is 210 g/mol. The van der Waals surface area contributed by atoms with Crippen molar-refractivity contribution in [1.29, 1.82) is 0 Å². The van der Waals surface area contributed by atoms with Gasteiger partial charge in [-0.25, -0.2) is 4.98 Å². The lowest BCUT2D eigenvalue weighted by atomic mass is 10.1. The molecule has 3 nitrogen and oxygen atoms in total. The standard InChI is InChI=1S/C14H21N3/c1-3-5-8-11(15)14-16-12-9-6-7-10-13(12)17(14)4-2/h6-7,9-11H,3-5,8,15H2,1-2H3. The Bertz CT molecular complexity index is 487. The molecule has 0 fully saturated rings. The summed E-state index contributed by atoms with van der Waals surface area (Å²) >= 11 is 0. The zero-order chi connectivity index (χ0) is 12.3. The van der Waals surface area contributed by atoms with Crippen LogP contribution >= 0.6 is 0 Å². The van der Waals surface area contributed by atoms with Crippen molar-refractivity contribution in [3.8, 4) is 0 Å². The van der Waals surface area contributed by atoms with Crippen molar-refractivity contribution in [3.63, 3.8) is 0 Å². The Morgan fingerprint density at radius 1 is 1.29 bits per heavy atom. The van der Waals surface area contributed by atoms with Crippen molar-refractivity contribution in [3.05, 3.63) is 30.1 Å². The van der Waals surface area contributed by atoms with E-state index in [0.717, 1.165) is 30.7 Å². The number of aryl methyl sites for hydroxylation is 1. The third kappa shape index (κ3) is 2.34. The number of nitrogens with zero attached hydrogens (tertiary/aromatic N) is 2. The molecule has 2 rings (SSSR count). The van der Waals surface area contributed by atoms with Gasteiger partial charge >= 0.3 is 0 Å². The molecule has 1 aromatic heterocycles. The van der Waals surface area contributed by atoms with E-state index >= 15 is 0 Å². The van der Waals surface area contributed by atoms with E-state index in [1.807, 2.05) is 6.07 Å². The van der Waals surface area contributed by atoms with Crippen molar-refractivity contribution in [1.82, 2.24) is 9.55 Å². The predicted octanol–water partition coefficient (Wildman–Crippen LogP) is 3.25. The number of imidazole rings is 1. The van der Waals surface area contributed by atoms with Gasteiger partial charge in [-0.2, -0.15) is 0 Å². The first kappa shape index (κ1) is 12.1. The van der Waals surface area contributed by atoms with Gasteiger partial charge < -0.3 is 10.3 Å². The van der Waals surface area contributed by atoms with Gasteiger partial charge in [0.15, 0.2) is 0 Å². The first-order chi connectivity index (χ1) is 8.27. The Labute approximate surface area is 103 Å². The first-order valence-electron chi connectivity index (χ1n) is 6.48. The van der Waals surface area contributed by atoms with Gasteiger partial charge in [0.1, 0.15) is 5.82 Å². The van der Waals surface area contributed by atoms with Crippen molar-refractivity contribution >= 4 is 11.0 Å². The third-order valence-corrected chi connectivity index (χ3v) is 3.20. The molecule has 1 heterocycles. The summed E-state index contributed by atoms with van der Waals surface area (Å²) in [6.07, 6.45) is 3.36. The van der Waals surface area contributed by atoms with Crippen molar-refractivity contribution in [2.24, 2.45) is 5.73 Å². The van der Waals surface area contributed by atoms with Crippen LogP contribution in [-0.2, 0) is 6.54 Å². The minimum Gasteiger partial charge on any atom is -0.327 e. The topological polar surface area (TPSA) is 43.8 Å². The van der Waals surface area contributed by atoms with E-state index in [0.29, 0.717) is 0 Å². The second kappa shape index (κ2) is 5.32. The Hall–Kier alpha value is -1.35. The molecule has 2 aromatic rings. The molecule has 0 saturated carbocycles. The molecule has 17 heavy (non-hydrogen) atoms. The molecule has 0 bridgehead atoms. The summed E-state index contributed by atoms with van der Waals surface area (Å²) in [5, 5.41) is 0. The summed E-state index contributed by atoms with van der Waals surface area (Å²) in [5.41, 5.74) is 8.48. The molecule has 0 spiro atoms. The average molecular weight is 231 g/mol. The molecule has 0 aliphatic rings. The van der Waals surface area contributed by atoms with Gasteiger partial charge in [0.05, 0.1) is 17.1 Å². The van der Waals surface area contributed by atoms with Crippen LogP contribution in [0.4, 0.5) is 0 Å². The normalized spacial score (nSPS) is 13.1. The summed E-state index contributed by atoms with van der Waals surface area (Å²) in [6.45, 7) is 5.26. The largest absolute Gasteiger partial charge is 0.327 e. The highest BCUT2D eigenvalue weighted by atomic mass is 15.1. The van der Waals surface area contributed by atoms with Crippen molar-refractivity contribution < 1.29 is 0 Å². The van der Waals surface area contributed by atoms with Crippen LogP contribution < -0.4 is 5.73 Å². The van der Waals surface area contributed by atoms with E-state index in [4.69, 9.17) is 5.73 Å². The van der Waals surface area contributed by atoms with Crippen molar-refractivity contribution in [2.75, 3.05) is 0 Å².